The Morgan fingerprint density at radius 1 is 1.08 bits per heavy atom. The van der Waals surface area contributed by atoms with Crippen LogP contribution in [0, 0.1) is 13.8 Å². The van der Waals surface area contributed by atoms with Crippen molar-refractivity contribution in [3.05, 3.63) is 82.1 Å². The van der Waals surface area contributed by atoms with Crippen molar-refractivity contribution in [2.24, 2.45) is 0 Å². The molecule has 1 heterocycles. The number of hydrogen-bond acceptors (Lipinski definition) is 2. The van der Waals surface area contributed by atoms with E-state index in [4.69, 9.17) is 11.6 Å². The maximum absolute atomic E-state index is 12.3. The van der Waals surface area contributed by atoms with Gasteiger partial charge in [-0.1, -0.05) is 54.1 Å². The second-order valence-corrected chi connectivity index (χ2v) is 6.48. The number of rotatable bonds is 5. The van der Waals surface area contributed by atoms with E-state index >= 15 is 0 Å². The summed E-state index contributed by atoms with van der Waals surface area (Å²) in [6.07, 6.45) is 0.346. The average Bonchev–Trinajstić information content (AvgIpc) is 2.83. The molecule has 128 valence electrons. The highest BCUT2D eigenvalue weighted by Crippen LogP contribution is 2.21. The number of anilines is 1. The van der Waals surface area contributed by atoms with Crippen molar-refractivity contribution in [3.63, 3.8) is 0 Å². The fourth-order valence-electron chi connectivity index (χ4n) is 2.80. The molecule has 0 aliphatic carbocycles. The van der Waals surface area contributed by atoms with Crippen LogP contribution >= 0.6 is 11.6 Å². The van der Waals surface area contributed by atoms with Crippen molar-refractivity contribution in [1.82, 2.24) is 9.78 Å². The van der Waals surface area contributed by atoms with Gasteiger partial charge in [0.1, 0.15) is 0 Å². The number of carbonyl (C=O) groups excluding carboxylic acids is 1. The molecule has 0 fully saturated rings. The van der Waals surface area contributed by atoms with Gasteiger partial charge in [0, 0.05) is 5.02 Å². The van der Waals surface area contributed by atoms with E-state index in [9.17, 15) is 4.79 Å². The quantitative estimate of drug-likeness (QED) is 0.739. The van der Waals surface area contributed by atoms with Gasteiger partial charge in [0.15, 0.2) is 0 Å². The lowest BCUT2D eigenvalue weighted by Crippen LogP contribution is -2.15. The Hall–Kier alpha value is -2.59. The van der Waals surface area contributed by atoms with E-state index in [1.807, 2.05) is 73.1 Å². The lowest BCUT2D eigenvalue weighted by molar-refractivity contribution is -0.115. The highest BCUT2D eigenvalue weighted by Gasteiger charge is 2.14. The Morgan fingerprint density at radius 2 is 1.80 bits per heavy atom. The molecule has 0 unspecified atom stereocenters. The van der Waals surface area contributed by atoms with Crippen molar-refractivity contribution < 1.29 is 4.79 Å². The second-order valence-electron chi connectivity index (χ2n) is 6.04. The van der Waals surface area contributed by atoms with Gasteiger partial charge < -0.3 is 5.32 Å². The first-order valence-electron chi connectivity index (χ1n) is 8.15. The first-order valence-corrected chi connectivity index (χ1v) is 8.53. The number of nitrogens with zero attached hydrogens (tertiary/aromatic N) is 2. The molecule has 0 spiro atoms. The molecular weight excluding hydrogens is 334 g/mol. The molecule has 2 aromatic carbocycles. The van der Waals surface area contributed by atoms with Gasteiger partial charge in [-0.05, 0) is 37.1 Å². The smallest absolute Gasteiger partial charge is 0.228 e. The van der Waals surface area contributed by atoms with Crippen LogP contribution in [0.25, 0.3) is 0 Å². The SMILES string of the molecule is Cc1nn(Cc2cccc(Cl)c2)c(C)c1NC(=O)Cc1ccccc1. The molecule has 0 aliphatic rings. The maximum atomic E-state index is 12.3. The highest BCUT2D eigenvalue weighted by atomic mass is 35.5. The first-order chi connectivity index (χ1) is 12.0. The summed E-state index contributed by atoms with van der Waals surface area (Å²) in [6.45, 7) is 4.48. The van der Waals surface area contributed by atoms with Gasteiger partial charge >= 0.3 is 0 Å². The zero-order valence-corrected chi connectivity index (χ0v) is 15.0. The summed E-state index contributed by atoms with van der Waals surface area (Å²) < 4.78 is 1.89. The van der Waals surface area contributed by atoms with Gasteiger partial charge in [0.2, 0.25) is 5.91 Å². The van der Waals surface area contributed by atoms with Gasteiger partial charge in [0.25, 0.3) is 0 Å². The largest absolute Gasteiger partial charge is 0.323 e. The third kappa shape index (κ3) is 4.28. The minimum atomic E-state index is -0.0419. The number of aromatic nitrogens is 2. The van der Waals surface area contributed by atoms with Crippen LogP contribution in [0.15, 0.2) is 54.6 Å². The minimum Gasteiger partial charge on any atom is -0.323 e. The van der Waals surface area contributed by atoms with Crippen LogP contribution in [0.4, 0.5) is 5.69 Å². The van der Waals surface area contributed by atoms with E-state index in [2.05, 4.69) is 10.4 Å². The van der Waals surface area contributed by atoms with Crippen LogP contribution in [0.3, 0.4) is 0 Å². The third-order valence-electron chi connectivity index (χ3n) is 4.07. The van der Waals surface area contributed by atoms with E-state index < -0.39 is 0 Å². The van der Waals surface area contributed by atoms with Gasteiger partial charge in [0.05, 0.1) is 30.0 Å². The number of carbonyl (C=O) groups is 1. The molecular formula is C20H20ClN3O. The minimum absolute atomic E-state index is 0.0419. The van der Waals surface area contributed by atoms with E-state index in [0.717, 1.165) is 28.2 Å². The third-order valence-corrected chi connectivity index (χ3v) is 4.31. The first kappa shape index (κ1) is 17.2. The number of benzene rings is 2. The van der Waals surface area contributed by atoms with E-state index in [0.29, 0.717) is 18.0 Å². The van der Waals surface area contributed by atoms with Crippen molar-refractivity contribution >= 4 is 23.2 Å². The fraction of sp³-hybridized carbons (Fsp3) is 0.200. The van der Waals surface area contributed by atoms with E-state index in [-0.39, 0.29) is 5.91 Å². The van der Waals surface area contributed by atoms with E-state index in [1.54, 1.807) is 0 Å². The normalized spacial score (nSPS) is 10.7. The zero-order chi connectivity index (χ0) is 17.8. The molecule has 3 aromatic rings. The topological polar surface area (TPSA) is 46.9 Å². The number of amides is 1. The Kier molecular flexibility index (Phi) is 5.19. The molecule has 4 nitrogen and oxygen atoms in total. The molecule has 25 heavy (non-hydrogen) atoms. The molecule has 0 saturated carbocycles. The predicted octanol–water partition coefficient (Wildman–Crippen LogP) is 4.38. The molecule has 1 N–H and O–H groups in total. The van der Waals surface area contributed by atoms with Gasteiger partial charge in [-0.3, -0.25) is 9.48 Å². The summed E-state index contributed by atoms with van der Waals surface area (Å²) >= 11 is 6.05. The van der Waals surface area contributed by atoms with Crippen LogP contribution in [-0.4, -0.2) is 15.7 Å². The Labute approximate surface area is 152 Å². The van der Waals surface area contributed by atoms with Gasteiger partial charge in [-0.15, -0.1) is 0 Å². The molecule has 3 rings (SSSR count). The zero-order valence-electron chi connectivity index (χ0n) is 14.3. The Bertz CT molecular complexity index is 887. The van der Waals surface area contributed by atoms with Crippen LogP contribution in [-0.2, 0) is 17.8 Å². The summed E-state index contributed by atoms with van der Waals surface area (Å²) in [5, 5.41) is 8.25. The molecule has 1 amide bonds. The molecule has 5 heteroatoms. The van der Waals surface area contributed by atoms with Crippen molar-refractivity contribution in [2.75, 3.05) is 5.32 Å². The second kappa shape index (κ2) is 7.53. The van der Waals surface area contributed by atoms with Crippen molar-refractivity contribution in [2.45, 2.75) is 26.8 Å². The monoisotopic (exact) mass is 353 g/mol. The summed E-state index contributed by atoms with van der Waals surface area (Å²) in [6, 6.07) is 17.4. The van der Waals surface area contributed by atoms with Crippen LogP contribution in [0.2, 0.25) is 5.02 Å². The van der Waals surface area contributed by atoms with Gasteiger partial charge in [-0.25, -0.2) is 0 Å². The number of halogens is 1. The Balaban J connectivity index is 1.74. The lowest BCUT2D eigenvalue weighted by Gasteiger charge is -2.08. The average molecular weight is 354 g/mol. The fourth-order valence-corrected chi connectivity index (χ4v) is 3.02. The van der Waals surface area contributed by atoms with Crippen LogP contribution in [0.1, 0.15) is 22.5 Å². The predicted molar refractivity (Wildman–Crippen MR) is 101 cm³/mol. The summed E-state index contributed by atoms with van der Waals surface area (Å²) in [4.78, 5) is 12.3. The maximum Gasteiger partial charge on any atom is 0.228 e. The van der Waals surface area contributed by atoms with Crippen molar-refractivity contribution in [3.8, 4) is 0 Å². The highest BCUT2D eigenvalue weighted by molar-refractivity contribution is 6.30. The van der Waals surface area contributed by atoms with Crippen LogP contribution < -0.4 is 5.32 Å². The molecule has 0 bridgehead atoms. The van der Waals surface area contributed by atoms with Gasteiger partial charge in [-0.2, -0.15) is 5.10 Å². The van der Waals surface area contributed by atoms with Crippen molar-refractivity contribution in [1.29, 1.82) is 0 Å². The molecule has 1 aromatic heterocycles. The Morgan fingerprint density at radius 3 is 2.52 bits per heavy atom. The summed E-state index contributed by atoms with van der Waals surface area (Å²) in [5.74, 6) is -0.0419. The van der Waals surface area contributed by atoms with E-state index in [1.165, 1.54) is 0 Å². The lowest BCUT2D eigenvalue weighted by atomic mass is 10.1. The standard InChI is InChI=1S/C20H20ClN3O/c1-14-20(22-19(25)12-16-7-4-3-5-8-16)15(2)24(23-14)13-17-9-6-10-18(21)11-17/h3-11H,12-13H2,1-2H3,(H,22,25). The number of aryl methyl sites for hydroxylation is 1. The molecule has 0 atom stereocenters. The number of nitrogens with one attached hydrogen (secondary N) is 1. The number of hydrogen-bond donors (Lipinski definition) is 1. The molecule has 0 radical (unpaired) electrons. The summed E-state index contributed by atoms with van der Waals surface area (Å²) in [5.41, 5.74) is 4.57. The summed E-state index contributed by atoms with van der Waals surface area (Å²) in [7, 11) is 0. The molecule has 0 saturated heterocycles. The molecule has 0 aliphatic heterocycles. The van der Waals surface area contributed by atoms with Crippen LogP contribution in [0.5, 0.6) is 0 Å².